The molecule has 0 atom stereocenters. The van der Waals surface area contributed by atoms with Gasteiger partial charge in [0.05, 0.1) is 13.2 Å². The molecule has 0 bridgehead atoms. The fourth-order valence-corrected chi connectivity index (χ4v) is 3.43. The number of halogens is 1. The third-order valence-electron chi connectivity index (χ3n) is 2.35. The third kappa shape index (κ3) is 3.69. The van der Waals surface area contributed by atoms with E-state index in [4.69, 9.17) is 20.6 Å². The molecular weight excluding hydrogens is 271 g/mol. The highest BCUT2D eigenvalue weighted by atomic mass is 35.5. The molecule has 5 heteroatoms. The lowest BCUT2D eigenvalue weighted by molar-refractivity contribution is 0.228. The topological polar surface area (TPSA) is 35.5 Å². The lowest BCUT2D eigenvalue weighted by atomic mass is 10.1. The summed E-state index contributed by atoms with van der Waals surface area (Å²) in [5.41, 5.74) is 1.62. The summed E-state index contributed by atoms with van der Waals surface area (Å²) >= 11 is 6.20. The van der Waals surface area contributed by atoms with E-state index in [0.717, 1.165) is 5.56 Å². The Labute approximate surface area is 113 Å². The molecule has 1 aromatic rings. The van der Waals surface area contributed by atoms with Crippen molar-refractivity contribution in [2.45, 2.75) is 20.8 Å². The Hall–Kier alpha value is -0.600. The first kappa shape index (κ1) is 15.5. The highest BCUT2D eigenvalue weighted by Crippen LogP contribution is 2.59. The van der Waals surface area contributed by atoms with E-state index in [2.05, 4.69) is 0 Å². The summed E-state index contributed by atoms with van der Waals surface area (Å²) in [4.78, 5) is 0. The predicted molar refractivity (Wildman–Crippen MR) is 75.7 cm³/mol. The molecule has 0 saturated carbocycles. The standard InChI is InChI=1S/C13H18ClO3P/c1-4-16-18(15,17-5-2)13(14)11(3)12-9-7-6-8-10-12/h6-10H,4-5H2,1-3H3/b13-11-. The molecule has 0 spiro atoms. The molecule has 0 heterocycles. The van der Waals surface area contributed by atoms with E-state index in [0.29, 0.717) is 5.57 Å². The maximum Gasteiger partial charge on any atom is 0.372 e. The average molecular weight is 289 g/mol. The van der Waals surface area contributed by atoms with Crippen LogP contribution in [0.1, 0.15) is 26.3 Å². The Morgan fingerprint density at radius 3 is 2.11 bits per heavy atom. The van der Waals surface area contributed by atoms with Crippen LogP contribution in [0.3, 0.4) is 0 Å². The fourth-order valence-electron chi connectivity index (χ4n) is 1.50. The number of hydrogen-bond acceptors (Lipinski definition) is 3. The lowest BCUT2D eigenvalue weighted by Gasteiger charge is -2.18. The summed E-state index contributed by atoms with van der Waals surface area (Å²) in [5.74, 6) is 0. The summed E-state index contributed by atoms with van der Waals surface area (Å²) in [6.07, 6.45) is 0. The van der Waals surface area contributed by atoms with Gasteiger partial charge < -0.3 is 9.05 Å². The molecule has 3 nitrogen and oxygen atoms in total. The number of hydrogen-bond donors (Lipinski definition) is 0. The quantitative estimate of drug-likeness (QED) is 0.700. The minimum Gasteiger partial charge on any atom is -0.305 e. The molecule has 0 aliphatic rings. The van der Waals surface area contributed by atoms with Crippen molar-refractivity contribution in [3.8, 4) is 0 Å². The first-order valence-electron chi connectivity index (χ1n) is 5.86. The van der Waals surface area contributed by atoms with Gasteiger partial charge in [0.1, 0.15) is 4.77 Å². The van der Waals surface area contributed by atoms with E-state index < -0.39 is 7.60 Å². The average Bonchev–Trinajstić information content (AvgIpc) is 2.38. The number of rotatable bonds is 6. The van der Waals surface area contributed by atoms with Crippen molar-refractivity contribution in [2.24, 2.45) is 0 Å². The Morgan fingerprint density at radius 1 is 1.17 bits per heavy atom. The Kier molecular flexibility index (Phi) is 6.10. The molecule has 0 saturated heterocycles. The monoisotopic (exact) mass is 288 g/mol. The zero-order chi connectivity index (χ0) is 13.6. The maximum atomic E-state index is 12.5. The number of benzene rings is 1. The van der Waals surface area contributed by atoms with Gasteiger partial charge in [0, 0.05) is 0 Å². The van der Waals surface area contributed by atoms with Crippen molar-refractivity contribution in [2.75, 3.05) is 13.2 Å². The van der Waals surface area contributed by atoms with E-state index in [9.17, 15) is 4.57 Å². The van der Waals surface area contributed by atoms with Gasteiger partial charge in [-0.3, -0.25) is 4.57 Å². The van der Waals surface area contributed by atoms with Gasteiger partial charge in [0.15, 0.2) is 0 Å². The van der Waals surface area contributed by atoms with Gasteiger partial charge in [-0.1, -0.05) is 41.9 Å². The van der Waals surface area contributed by atoms with E-state index in [1.165, 1.54) is 0 Å². The van der Waals surface area contributed by atoms with Gasteiger partial charge in [-0.25, -0.2) is 0 Å². The van der Waals surface area contributed by atoms with Crippen LogP contribution < -0.4 is 0 Å². The summed E-state index contributed by atoms with van der Waals surface area (Å²) in [6.45, 7) is 5.90. The van der Waals surface area contributed by atoms with Gasteiger partial charge in [-0.2, -0.15) is 0 Å². The van der Waals surface area contributed by atoms with Gasteiger partial charge in [0.25, 0.3) is 0 Å². The van der Waals surface area contributed by atoms with Crippen LogP contribution in [-0.2, 0) is 13.6 Å². The molecule has 0 radical (unpaired) electrons. The van der Waals surface area contributed by atoms with Crippen LogP contribution >= 0.6 is 19.2 Å². The molecule has 1 aromatic carbocycles. The predicted octanol–water partition coefficient (Wildman–Crippen LogP) is 4.88. The normalized spacial score (nSPS) is 13.3. The molecule has 0 amide bonds. The van der Waals surface area contributed by atoms with Gasteiger partial charge in [-0.05, 0) is 31.9 Å². The van der Waals surface area contributed by atoms with Crippen LogP contribution in [0.15, 0.2) is 35.1 Å². The van der Waals surface area contributed by atoms with Crippen molar-refractivity contribution >= 4 is 24.8 Å². The molecule has 1 rings (SSSR count). The maximum absolute atomic E-state index is 12.5. The zero-order valence-electron chi connectivity index (χ0n) is 10.9. The molecule has 0 unspecified atom stereocenters. The van der Waals surface area contributed by atoms with Crippen molar-refractivity contribution in [3.05, 3.63) is 40.7 Å². The Bertz CT molecular complexity index is 447. The van der Waals surface area contributed by atoms with E-state index >= 15 is 0 Å². The SMILES string of the molecule is CCOP(=O)(OCC)/C(Cl)=C(/C)c1ccccc1. The Morgan fingerprint density at radius 2 is 1.67 bits per heavy atom. The largest absolute Gasteiger partial charge is 0.372 e. The minimum atomic E-state index is -3.39. The molecular formula is C13H18ClO3P. The summed E-state index contributed by atoms with van der Waals surface area (Å²) in [7, 11) is -3.39. The molecule has 0 N–H and O–H groups in total. The van der Waals surface area contributed by atoms with Crippen molar-refractivity contribution < 1.29 is 13.6 Å². The van der Waals surface area contributed by atoms with E-state index in [1.54, 1.807) is 13.8 Å². The molecule has 0 aromatic heterocycles. The van der Waals surface area contributed by atoms with Crippen LogP contribution in [0.5, 0.6) is 0 Å². The van der Waals surface area contributed by atoms with Gasteiger partial charge in [-0.15, -0.1) is 0 Å². The zero-order valence-corrected chi connectivity index (χ0v) is 12.5. The second-order valence-electron chi connectivity index (χ2n) is 3.61. The van der Waals surface area contributed by atoms with Crippen molar-refractivity contribution in [1.29, 1.82) is 0 Å². The molecule has 100 valence electrons. The van der Waals surface area contributed by atoms with Crippen LogP contribution in [0.25, 0.3) is 5.57 Å². The Balaban J connectivity index is 3.15. The fraction of sp³-hybridized carbons (Fsp3) is 0.385. The van der Waals surface area contributed by atoms with Crippen LogP contribution in [-0.4, -0.2) is 13.2 Å². The van der Waals surface area contributed by atoms with Gasteiger partial charge >= 0.3 is 7.60 Å². The lowest BCUT2D eigenvalue weighted by Crippen LogP contribution is -1.97. The second kappa shape index (κ2) is 7.10. The molecule has 0 fully saturated rings. The number of allylic oxidation sites excluding steroid dienone is 1. The van der Waals surface area contributed by atoms with Crippen molar-refractivity contribution in [1.82, 2.24) is 0 Å². The highest BCUT2D eigenvalue weighted by molar-refractivity contribution is 7.61. The summed E-state index contributed by atoms with van der Waals surface area (Å²) < 4.78 is 23.1. The van der Waals surface area contributed by atoms with E-state index in [-0.39, 0.29) is 18.0 Å². The summed E-state index contributed by atoms with van der Waals surface area (Å²) in [6, 6.07) is 9.51. The smallest absolute Gasteiger partial charge is 0.305 e. The third-order valence-corrected chi connectivity index (χ3v) is 5.27. The van der Waals surface area contributed by atoms with E-state index in [1.807, 2.05) is 37.3 Å². The second-order valence-corrected chi connectivity index (χ2v) is 6.21. The molecule has 0 aliphatic heterocycles. The van der Waals surface area contributed by atoms with Crippen LogP contribution in [0.4, 0.5) is 0 Å². The minimum absolute atomic E-state index is 0.150. The van der Waals surface area contributed by atoms with Crippen LogP contribution in [0.2, 0.25) is 0 Å². The summed E-state index contributed by atoms with van der Waals surface area (Å²) in [5, 5.41) is 0. The van der Waals surface area contributed by atoms with Gasteiger partial charge in [0.2, 0.25) is 0 Å². The molecule has 0 aliphatic carbocycles. The highest BCUT2D eigenvalue weighted by Gasteiger charge is 2.30. The first-order chi connectivity index (χ1) is 8.55. The van der Waals surface area contributed by atoms with Crippen LogP contribution in [0, 0.1) is 0 Å². The first-order valence-corrected chi connectivity index (χ1v) is 7.78. The molecule has 18 heavy (non-hydrogen) atoms. The van der Waals surface area contributed by atoms with Crippen molar-refractivity contribution in [3.63, 3.8) is 0 Å².